The molecule has 3 rings (SSSR count). The van der Waals surface area contributed by atoms with Gasteiger partial charge in [0.1, 0.15) is 11.9 Å². The number of H-pyrrole nitrogens is 1. The summed E-state index contributed by atoms with van der Waals surface area (Å²) < 4.78 is 48.2. The second kappa shape index (κ2) is 8.61. The van der Waals surface area contributed by atoms with Gasteiger partial charge in [0.05, 0.1) is 10.5 Å². The third-order valence-corrected chi connectivity index (χ3v) is 6.46. The molecular weight excluding hydrogens is 451 g/mol. The van der Waals surface area contributed by atoms with Gasteiger partial charge in [-0.15, -0.1) is 5.10 Å². The number of amides is 1. The van der Waals surface area contributed by atoms with Crippen molar-refractivity contribution in [2.24, 2.45) is 5.73 Å². The van der Waals surface area contributed by atoms with Gasteiger partial charge in [0.25, 0.3) is 0 Å². The van der Waals surface area contributed by atoms with Crippen LogP contribution < -0.4 is 16.2 Å². The van der Waals surface area contributed by atoms with Gasteiger partial charge in [-0.3, -0.25) is 4.79 Å². The number of primary amides is 1. The Labute approximate surface area is 181 Å². The molecule has 0 bridgehead atoms. The summed E-state index contributed by atoms with van der Waals surface area (Å²) in [7, 11) is -4.42. The molecule has 1 aromatic heterocycles. The monoisotopic (exact) mass is 468 g/mol. The van der Waals surface area contributed by atoms with Crippen molar-refractivity contribution in [1.82, 2.24) is 14.9 Å². The van der Waals surface area contributed by atoms with E-state index in [1.165, 1.54) is 18.2 Å². The number of carbonyl (C=O) groups is 1. The number of hydrogen-bond donors (Lipinski definition) is 3. The molecule has 4 N–H and O–H groups in total. The zero-order valence-corrected chi connectivity index (χ0v) is 17.9. The molecule has 0 aliphatic carbocycles. The number of sulfonamides is 1. The van der Waals surface area contributed by atoms with Crippen LogP contribution in [0.5, 0.6) is 0 Å². The van der Waals surface area contributed by atoms with Gasteiger partial charge >= 0.3 is 5.76 Å². The van der Waals surface area contributed by atoms with E-state index in [0.29, 0.717) is 5.56 Å². The fourth-order valence-electron chi connectivity index (χ4n) is 3.29. The fourth-order valence-corrected chi connectivity index (χ4v) is 4.92. The van der Waals surface area contributed by atoms with Crippen molar-refractivity contribution < 1.29 is 22.0 Å². The lowest BCUT2D eigenvalue weighted by atomic mass is 9.90. The third-order valence-electron chi connectivity index (χ3n) is 4.73. The molecule has 9 nitrogen and oxygen atoms in total. The number of aromatic amines is 1. The Balaban J connectivity index is 2.12. The summed E-state index contributed by atoms with van der Waals surface area (Å²) in [5, 5.41) is 5.87. The predicted octanol–water partition coefficient (Wildman–Crippen LogP) is 2.39. The molecule has 1 heterocycles. The number of nitrogens with zero attached hydrogens (tertiary/aromatic N) is 1. The van der Waals surface area contributed by atoms with Gasteiger partial charge in [-0.2, -0.15) is 4.72 Å². The minimum atomic E-state index is -4.42. The average molecular weight is 469 g/mol. The maximum Gasteiger partial charge on any atom is 0.434 e. The minimum Gasteiger partial charge on any atom is -0.391 e. The van der Waals surface area contributed by atoms with Crippen LogP contribution in [0.2, 0.25) is 5.02 Å². The van der Waals surface area contributed by atoms with Crippen LogP contribution in [0.15, 0.2) is 50.5 Å². The smallest absolute Gasteiger partial charge is 0.391 e. The summed E-state index contributed by atoms with van der Waals surface area (Å²) in [5.41, 5.74) is 5.72. The molecule has 2 aromatic carbocycles. The number of nitrogens with one attached hydrogen (secondary N) is 2. The Hall–Kier alpha value is -3.02. The van der Waals surface area contributed by atoms with Gasteiger partial charge in [0, 0.05) is 10.9 Å². The Kier molecular flexibility index (Phi) is 6.30. The molecule has 3 aromatic rings. The summed E-state index contributed by atoms with van der Waals surface area (Å²) in [6.45, 7) is 3.20. The number of halogens is 2. The molecule has 0 spiro atoms. The zero-order valence-electron chi connectivity index (χ0n) is 16.3. The third kappa shape index (κ3) is 4.68. The van der Waals surface area contributed by atoms with Crippen molar-refractivity contribution >= 4 is 27.5 Å². The van der Waals surface area contributed by atoms with Crippen LogP contribution in [0.4, 0.5) is 4.39 Å². The number of nitrogens with two attached hydrogens (primary N) is 1. The normalized spacial score (nSPS) is 13.7. The fraction of sp³-hybridized carbons (Fsp3) is 0.211. The number of aromatic nitrogens is 2. The van der Waals surface area contributed by atoms with E-state index in [1.807, 2.05) is 0 Å². The van der Waals surface area contributed by atoms with Gasteiger partial charge in [0.2, 0.25) is 21.8 Å². The summed E-state index contributed by atoms with van der Waals surface area (Å²) >= 11 is 5.85. The van der Waals surface area contributed by atoms with Gasteiger partial charge < -0.3 is 10.2 Å². The van der Waals surface area contributed by atoms with E-state index in [4.69, 9.17) is 21.8 Å². The van der Waals surface area contributed by atoms with Crippen molar-refractivity contribution in [1.29, 1.82) is 0 Å². The number of aryl methyl sites for hydroxylation is 1. The summed E-state index contributed by atoms with van der Waals surface area (Å²) in [5.74, 6) is -3.66. The van der Waals surface area contributed by atoms with Crippen LogP contribution >= 0.6 is 11.6 Å². The second-order valence-corrected chi connectivity index (χ2v) is 8.93. The molecule has 12 heteroatoms. The molecule has 1 amide bonds. The first kappa shape index (κ1) is 22.7. The molecule has 0 aliphatic rings. The van der Waals surface area contributed by atoms with E-state index in [9.17, 15) is 22.4 Å². The molecule has 0 unspecified atom stereocenters. The standard InChI is InChI=1S/C19H18ClFN4O5S/c1-9-4-3-5-13(21)15(9)10(2)16(18-23-24-19(27)30-18)25-31(28,29)14-7-6-11(20)8-12(14)17(22)26/h3-8,10,16,25H,1-2H3,(H2,22,26)(H,24,27)/t10-,16-/m0/s1. The first-order valence-corrected chi connectivity index (χ1v) is 10.8. The van der Waals surface area contributed by atoms with Crippen molar-refractivity contribution in [3.8, 4) is 0 Å². The van der Waals surface area contributed by atoms with Gasteiger partial charge in [-0.05, 0) is 42.3 Å². The van der Waals surface area contributed by atoms with Gasteiger partial charge in [0.15, 0.2) is 0 Å². The Morgan fingerprint density at radius 1 is 1.32 bits per heavy atom. The van der Waals surface area contributed by atoms with E-state index in [2.05, 4.69) is 14.9 Å². The largest absolute Gasteiger partial charge is 0.434 e. The molecule has 0 radical (unpaired) electrons. The minimum absolute atomic E-state index is 0.109. The SMILES string of the molecule is Cc1cccc(F)c1[C@H](C)[C@H](NS(=O)(=O)c1ccc(Cl)cc1C(N)=O)c1n[nH]c(=O)o1. The summed E-state index contributed by atoms with van der Waals surface area (Å²) in [6, 6.07) is 6.61. The number of carbonyl (C=O) groups excluding carboxylic acids is 1. The van der Waals surface area contributed by atoms with Crippen LogP contribution in [0.1, 0.15) is 46.3 Å². The maximum atomic E-state index is 14.6. The Bertz CT molecular complexity index is 1280. The summed E-state index contributed by atoms with van der Waals surface area (Å²) in [4.78, 5) is 22.8. The Morgan fingerprint density at radius 2 is 2.03 bits per heavy atom. The highest BCUT2D eigenvalue weighted by atomic mass is 35.5. The van der Waals surface area contributed by atoms with E-state index in [1.54, 1.807) is 19.9 Å². The Morgan fingerprint density at radius 3 is 2.61 bits per heavy atom. The molecule has 0 saturated heterocycles. The van der Waals surface area contributed by atoms with E-state index >= 15 is 0 Å². The lowest BCUT2D eigenvalue weighted by molar-refractivity contribution is 0.0997. The predicted molar refractivity (Wildman–Crippen MR) is 110 cm³/mol. The number of hydrogen-bond acceptors (Lipinski definition) is 6. The van der Waals surface area contributed by atoms with Crippen LogP contribution in [-0.4, -0.2) is 24.5 Å². The number of rotatable bonds is 7. The molecule has 2 atom stereocenters. The second-order valence-electron chi connectivity index (χ2n) is 6.81. The van der Waals surface area contributed by atoms with Crippen LogP contribution in [-0.2, 0) is 10.0 Å². The first-order chi connectivity index (χ1) is 14.5. The van der Waals surface area contributed by atoms with Crippen LogP contribution in [0.3, 0.4) is 0 Å². The average Bonchev–Trinajstić information content (AvgIpc) is 3.11. The van der Waals surface area contributed by atoms with Gasteiger partial charge in [-0.1, -0.05) is 30.7 Å². The molecule has 31 heavy (non-hydrogen) atoms. The first-order valence-electron chi connectivity index (χ1n) is 8.93. The number of benzene rings is 2. The molecule has 0 saturated carbocycles. The molecule has 0 fully saturated rings. The summed E-state index contributed by atoms with van der Waals surface area (Å²) in [6.07, 6.45) is 0. The van der Waals surface area contributed by atoms with E-state index < -0.39 is 44.4 Å². The van der Waals surface area contributed by atoms with Crippen LogP contribution in [0.25, 0.3) is 0 Å². The van der Waals surface area contributed by atoms with Crippen molar-refractivity contribution in [2.75, 3.05) is 0 Å². The van der Waals surface area contributed by atoms with Crippen molar-refractivity contribution in [3.63, 3.8) is 0 Å². The topological polar surface area (TPSA) is 148 Å². The van der Waals surface area contributed by atoms with E-state index in [0.717, 1.165) is 12.1 Å². The van der Waals surface area contributed by atoms with Crippen molar-refractivity contribution in [3.05, 3.63) is 80.4 Å². The van der Waals surface area contributed by atoms with Crippen molar-refractivity contribution in [2.45, 2.75) is 30.7 Å². The molecule has 0 aliphatic heterocycles. The lowest BCUT2D eigenvalue weighted by Gasteiger charge is -2.24. The highest BCUT2D eigenvalue weighted by Gasteiger charge is 2.34. The zero-order chi connectivity index (χ0) is 22.9. The highest BCUT2D eigenvalue weighted by Crippen LogP contribution is 2.34. The maximum absolute atomic E-state index is 14.6. The lowest BCUT2D eigenvalue weighted by Crippen LogP contribution is -2.34. The van der Waals surface area contributed by atoms with E-state index in [-0.39, 0.29) is 22.0 Å². The molecular formula is C19H18ClFN4O5S. The highest BCUT2D eigenvalue weighted by molar-refractivity contribution is 7.89. The van der Waals surface area contributed by atoms with Crippen LogP contribution in [0, 0.1) is 12.7 Å². The van der Waals surface area contributed by atoms with Gasteiger partial charge in [-0.25, -0.2) is 22.7 Å². The quantitative estimate of drug-likeness (QED) is 0.484. The molecule has 164 valence electrons.